The largest absolute Gasteiger partial charge is 0.444 e. The number of carbonyl (C=O) groups is 1. The predicted octanol–water partition coefficient (Wildman–Crippen LogP) is 9.10. The van der Waals surface area contributed by atoms with E-state index < -0.39 is 5.60 Å². The van der Waals surface area contributed by atoms with Crippen LogP contribution in [-0.2, 0) is 17.6 Å². The van der Waals surface area contributed by atoms with Crippen molar-refractivity contribution in [3.8, 4) is 0 Å². The number of nitrogens with zero attached hydrogens (tertiary/aromatic N) is 2. The van der Waals surface area contributed by atoms with Gasteiger partial charge in [-0.05, 0) is 120 Å². The molecule has 0 unspecified atom stereocenters. The van der Waals surface area contributed by atoms with E-state index in [0.717, 1.165) is 61.7 Å². The van der Waals surface area contributed by atoms with Crippen LogP contribution in [0.15, 0.2) is 60.7 Å². The lowest BCUT2D eigenvalue weighted by Crippen LogP contribution is -2.49. The number of rotatable bonds is 5. The van der Waals surface area contributed by atoms with Gasteiger partial charge in [0.15, 0.2) is 0 Å². The summed E-state index contributed by atoms with van der Waals surface area (Å²) in [6.07, 6.45) is 11.5. The van der Waals surface area contributed by atoms with Crippen molar-refractivity contribution in [1.29, 1.82) is 0 Å². The first-order valence-corrected chi connectivity index (χ1v) is 18.6. The summed E-state index contributed by atoms with van der Waals surface area (Å²) < 4.78 is 5.49. The molecule has 6 rings (SSSR count). The van der Waals surface area contributed by atoms with Crippen LogP contribution in [0.3, 0.4) is 0 Å². The van der Waals surface area contributed by atoms with Crippen LogP contribution in [0.4, 0.5) is 4.79 Å². The number of β-amino-alcohol motifs (C(OH)–C–C–N with tert-alkyl or cyclic N) is 2. The van der Waals surface area contributed by atoms with Crippen molar-refractivity contribution in [3.63, 3.8) is 0 Å². The smallest absolute Gasteiger partial charge is 0.410 e. The number of benzene rings is 2. The van der Waals surface area contributed by atoms with Crippen molar-refractivity contribution in [2.75, 3.05) is 26.2 Å². The number of piperidine rings is 1. The van der Waals surface area contributed by atoms with E-state index in [1.165, 1.54) is 48.8 Å². The molecule has 1 aliphatic carbocycles. The Bertz CT molecular complexity index is 1270. The van der Waals surface area contributed by atoms with E-state index in [2.05, 4.69) is 28.9 Å². The zero-order chi connectivity index (χ0) is 34.7. The number of nitrogens with one attached hydrogen (secondary N) is 1. The van der Waals surface area contributed by atoms with E-state index in [1.54, 1.807) is 0 Å². The molecule has 7 nitrogen and oxygen atoms in total. The summed E-state index contributed by atoms with van der Waals surface area (Å²) in [7, 11) is 0. The van der Waals surface area contributed by atoms with Gasteiger partial charge in [-0.15, -0.1) is 0 Å². The fourth-order valence-corrected chi connectivity index (χ4v) is 7.33. The average Bonchev–Trinajstić information content (AvgIpc) is 3.63. The highest BCUT2D eigenvalue weighted by atomic mass is 35.5. The maximum Gasteiger partial charge on any atom is 0.410 e. The van der Waals surface area contributed by atoms with Gasteiger partial charge in [-0.2, -0.15) is 0 Å². The first-order valence-electron chi connectivity index (χ1n) is 17.8. The van der Waals surface area contributed by atoms with E-state index in [0.29, 0.717) is 31.2 Å². The number of hydrogen-bond acceptors (Lipinski definition) is 6. The number of halogens is 2. The minimum atomic E-state index is -0.462. The van der Waals surface area contributed by atoms with E-state index in [9.17, 15) is 15.0 Å². The van der Waals surface area contributed by atoms with E-state index >= 15 is 0 Å². The third-order valence-corrected chi connectivity index (χ3v) is 10.1. The molecule has 0 bridgehead atoms. The molecule has 4 fully saturated rings. The highest BCUT2D eigenvalue weighted by Crippen LogP contribution is 2.29. The normalized spacial score (nSPS) is 24.1. The lowest BCUT2D eigenvalue weighted by atomic mass is 9.97. The number of aliphatic hydroxyl groups excluding tert-OH is 2. The second-order valence-corrected chi connectivity index (χ2v) is 15.8. The van der Waals surface area contributed by atoms with Crippen molar-refractivity contribution < 1.29 is 19.7 Å². The third kappa shape index (κ3) is 15.2. The summed E-state index contributed by atoms with van der Waals surface area (Å²) in [4.78, 5) is 16.5. The first-order chi connectivity index (χ1) is 22.8. The summed E-state index contributed by atoms with van der Waals surface area (Å²) in [6.45, 7) is 12.4. The molecule has 1 saturated carbocycles. The van der Waals surface area contributed by atoms with E-state index in [4.69, 9.17) is 27.9 Å². The molecule has 1 amide bonds. The Labute approximate surface area is 313 Å². The molecule has 4 aliphatic rings. The van der Waals surface area contributed by atoms with Crippen LogP contribution >= 0.6 is 23.2 Å². The lowest BCUT2D eigenvalue weighted by Gasteiger charge is -2.39. The highest BCUT2D eigenvalue weighted by molar-refractivity contribution is 6.30. The summed E-state index contributed by atoms with van der Waals surface area (Å²) >= 11 is 11.8. The second kappa shape index (κ2) is 21.4. The van der Waals surface area contributed by atoms with Crippen LogP contribution in [0.1, 0.15) is 105 Å². The van der Waals surface area contributed by atoms with Crippen LogP contribution in [0.2, 0.25) is 10.0 Å². The summed E-state index contributed by atoms with van der Waals surface area (Å²) in [5.41, 5.74) is 3.51. The van der Waals surface area contributed by atoms with Crippen molar-refractivity contribution in [2.24, 2.45) is 0 Å². The van der Waals surface area contributed by atoms with Crippen molar-refractivity contribution in [3.05, 3.63) is 81.9 Å². The zero-order valence-corrected chi connectivity index (χ0v) is 30.7. The third-order valence-electron chi connectivity index (χ3n) is 9.56. The van der Waals surface area contributed by atoms with Crippen LogP contribution in [0, 0.1) is 0 Å². The summed E-state index contributed by atoms with van der Waals surface area (Å²) in [6, 6.07) is 17.0. The maximum atomic E-state index is 12.3. The Morgan fingerprint density at radius 3 is 1.86 bits per heavy atom. The predicted molar refractivity (Wildman–Crippen MR) is 210 cm³/mol. The second-order valence-electron chi connectivity index (χ2n) is 14.9. The molecule has 3 heterocycles. The number of allylic oxidation sites excluding steroid dienone is 1. The molecular weight excluding hydrogens is 669 g/mol. The lowest BCUT2D eigenvalue weighted by molar-refractivity contribution is 0.0128. The first kappa shape index (κ1) is 44.0. The van der Waals surface area contributed by atoms with E-state index in [-0.39, 0.29) is 33.2 Å². The molecule has 2 aromatic carbocycles. The quantitative estimate of drug-likeness (QED) is 0.266. The zero-order valence-electron chi connectivity index (χ0n) is 29.2. The molecular formula is C41H65Cl2N3O4. The Morgan fingerprint density at radius 2 is 1.40 bits per heavy atom. The van der Waals surface area contributed by atoms with Gasteiger partial charge in [0, 0.05) is 54.3 Å². The highest BCUT2D eigenvalue weighted by Gasteiger charge is 2.38. The van der Waals surface area contributed by atoms with Gasteiger partial charge in [-0.1, -0.05) is 80.9 Å². The van der Waals surface area contributed by atoms with Gasteiger partial charge in [0.25, 0.3) is 0 Å². The maximum absolute atomic E-state index is 12.3. The molecule has 0 aromatic heterocycles. The number of ether oxygens (including phenoxy) is 1. The van der Waals surface area contributed by atoms with Gasteiger partial charge >= 0.3 is 6.09 Å². The molecule has 3 N–H and O–H groups in total. The topological polar surface area (TPSA) is 85.3 Å². The Balaban J connectivity index is 0.000000313. The average molecular weight is 735 g/mol. The Kier molecular flexibility index (Phi) is 18.9. The molecule has 0 radical (unpaired) electrons. The molecule has 3 aliphatic heterocycles. The molecule has 282 valence electrons. The van der Waals surface area contributed by atoms with Gasteiger partial charge in [-0.25, -0.2) is 4.79 Å². The number of likely N-dealkylation sites (tertiary alicyclic amines) is 2. The van der Waals surface area contributed by atoms with Crippen molar-refractivity contribution >= 4 is 29.3 Å². The fourth-order valence-electron chi connectivity index (χ4n) is 7.07. The Morgan fingerprint density at radius 1 is 0.860 bits per heavy atom. The SMILES string of the molecule is C.C.C=C1CCCCC1.CC(C)(C)OC(=O)N1CCC(N2C[C@@H](O)C[C@@H]2Cc2ccc(Cl)cc2)CC1.O[C@@H]1CN[C@@H](Cc2ccc(Cl)cc2)C1. The number of carbonyl (C=O) groups excluding carboxylic acids is 1. The number of amides is 1. The minimum Gasteiger partial charge on any atom is -0.444 e. The molecule has 4 atom stereocenters. The van der Waals surface area contributed by atoms with Crippen LogP contribution in [0.5, 0.6) is 0 Å². The molecule has 50 heavy (non-hydrogen) atoms. The van der Waals surface area contributed by atoms with Crippen molar-refractivity contribution in [2.45, 2.75) is 142 Å². The Hall–Kier alpha value is -2.13. The van der Waals surface area contributed by atoms with Gasteiger partial charge in [0.1, 0.15) is 5.60 Å². The summed E-state index contributed by atoms with van der Waals surface area (Å²) in [5.74, 6) is 0. The van der Waals surface area contributed by atoms with E-state index in [1.807, 2.05) is 62.1 Å². The number of aliphatic hydroxyl groups is 2. The van der Waals surface area contributed by atoms with Crippen LogP contribution in [0.25, 0.3) is 0 Å². The van der Waals surface area contributed by atoms with Crippen molar-refractivity contribution in [1.82, 2.24) is 15.1 Å². The monoisotopic (exact) mass is 733 g/mol. The number of hydrogen-bond donors (Lipinski definition) is 3. The molecule has 9 heteroatoms. The van der Waals surface area contributed by atoms with Crippen LogP contribution < -0.4 is 5.32 Å². The van der Waals surface area contributed by atoms with Gasteiger partial charge in [-0.3, -0.25) is 4.90 Å². The minimum absolute atomic E-state index is 0. The fraction of sp³-hybridized carbons (Fsp3) is 0.634. The van der Waals surface area contributed by atoms with Gasteiger partial charge in [0.2, 0.25) is 0 Å². The van der Waals surface area contributed by atoms with Gasteiger partial charge in [0.05, 0.1) is 12.2 Å². The van der Waals surface area contributed by atoms with Gasteiger partial charge < -0.3 is 25.2 Å². The molecule has 3 saturated heterocycles. The molecule has 0 spiro atoms. The standard InChI is InChI=1S/C21H31ClN2O3.C11H14ClNO.C7H12.2CH4/c1-21(2,3)27-20(26)23-10-8-17(9-11-23)24-14-19(25)13-18(24)12-15-4-6-16(22)7-5-15;12-9-3-1-8(2-4-9)5-10-6-11(14)7-13-10;1-7-5-3-2-4-6-7;;/h4-7,17-19,25H,8-14H2,1-3H3;1-4,10-11,13-14H,5-7H2;1-6H2;2*1H4/t18-,19-;10-,11-;;;/m00.../s1. The molecule has 2 aromatic rings. The summed E-state index contributed by atoms with van der Waals surface area (Å²) in [5, 5.41) is 24.4. The van der Waals surface area contributed by atoms with Crippen LogP contribution in [-0.4, -0.2) is 88.2 Å².